The first-order valence-electron chi connectivity index (χ1n) is 10.1. The quantitative estimate of drug-likeness (QED) is 0.247. The third-order valence-corrected chi connectivity index (χ3v) is 4.92. The van der Waals surface area contributed by atoms with Gasteiger partial charge in [-0.05, 0) is 24.8 Å². The molecule has 1 rings (SSSR count). The Morgan fingerprint density at radius 2 is 1.52 bits per heavy atom. The molecule has 4 unspecified atom stereocenters. The van der Waals surface area contributed by atoms with Crippen LogP contribution in [0.4, 0.5) is 0 Å². The third-order valence-electron chi connectivity index (χ3n) is 4.52. The Hall–Kier alpha value is -2.59. The summed E-state index contributed by atoms with van der Waals surface area (Å²) in [7, 11) is 0. The van der Waals surface area contributed by atoms with Gasteiger partial charge >= 0.3 is 5.97 Å². The average molecular weight is 453 g/mol. The van der Waals surface area contributed by atoms with Crippen molar-refractivity contribution in [2.45, 2.75) is 57.8 Å². The zero-order chi connectivity index (χ0) is 23.6. The smallest absolute Gasteiger partial charge is 0.326 e. The van der Waals surface area contributed by atoms with E-state index < -0.39 is 47.9 Å². The number of hydrogen-bond acceptors (Lipinski definition) is 6. The molecule has 0 aliphatic rings. The molecule has 0 saturated carbocycles. The van der Waals surface area contributed by atoms with Crippen molar-refractivity contribution in [3.05, 3.63) is 35.9 Å². The summed E-state index contributed by atoms with van der Waals surface area (Å²) >= 11 is 3.98. The van der Waals surface area contributed by atoms with Crippen LogP contribution < -0.4 is 21.7 Å². The molecule has 172 valence electrons. The summed E-state index contributed by atoms with van der Waals surface area (Å²) in [5, 5.41) is 17.0. The molecule has 0 saturated heterocycles. The molecule has 0 radical (unpaired) electrons. The molecule has 1 aromatic rings. The maximum atomic E-state index is 12.7. The predicted molar refractivity (Wildman–Crippen MR) is 121 cm³/mol. The number of carboxylic acid groups (broad SMARTS) is 1. The minimum atomic E-state index is -1.18. The number of rotatable bonds is 12. The lowest BCUT2D eigenvalue weighted by molar-refractivity contribution is -0.142. The van der Waals surface area contributed by atoms with Gasteiger partial charge in [0, 0.05) is 12.2 Å². The van der Waals surface area contributed by atoms with Crippen LogP contribution >= 0.6 is 12.6 Å². The molecule has 0 fully saturated rings. The van der Waals surface area contributed by atoms with Crippen molar-refractivity contribution < 1.29 is 24.3 Å². The molecule has 4 atom stereocenters. The van der Waals surface area contributed by atoms with Gasteiger partial charge in [-0.2, -0.15) is 12.6 Å². The van der Waals surface area contributed by atoms with Gasteiger partial charge in [0.25, 0.3) is 0 Å². The second-order valence-corrected chi connectivity index (χ2v) is 8.16. The van der Waals surface area contributed by atoms with Gasteiger partial charge in [-0.3, -0.25) is 14.4 Å². The Labute approximate surface area is 187 Å². The van der Waals surface area contributed by atoms with Crippen LogP contribution in [0.5, 0.6) is 0 Å². The standard InChI is InChI=1S/C21H32N4O5S/c1-12(2)9-16(24-19(27)15(22)11-31)20(28)23-13(3)18(26)25-17(21(29)30)10-14-7-5-4-6-8-14/h4-8,12-13,15-17,31H,9-11,22H2,1-3H3,(H,23,28)(H,24,27)(H,25,26)(H,29,30). The van der Waals surface area contributed by atoms with Crippen LogP contribution in [-0.4, -0.2) is 58.7 Å². The van der Waals surface area contributed by atoms with E-state index in [1.807, 2.05) is 19.9 Å². The largest absolute Gasteiger partial charge is 0.480 e. The number of carbonyl (C=O) groups excluding carboxylic acids is 3. The minimum Gasteiger partial charge on any atom is -0.480 e. The Bertz CT molecular complexity index is 759. The Morgan fingerprint density at radius 1 is 0.935 bits per heavy atom. The molecule has 9 nitrogen and oxygen atoms in total. The van der Waals surface area contributed by atoms with Gasteiger partial charge in [0.15, 0.2) is 0 Å². The van der Waals surface area contributed by atoms with Gasteiger partial charge in [-0.1, -0.05) is 44.2 Å². The molecule has 0 spiro atoms. The highest BCUT2D eigenvalue weighted by atomic mass is 32.1. The molecule has 1 aromatic carbocycles. The van der Waals surface area contributed by atoms with Crippen molar-refractivity contribution in [2.24, 2.45) is 11.7 Å². The maximum Gasteiger partial charge on any atom is 0.326 e. The average Bonchev–Trinajstić information content (AvgIpc) is 2.72. The van der Waals surface area contributed by atoms with Gasteiger partial charge in [0.05, 0.1) is 6.04 Å². The lowest BCUT2D eigenvalue weighted by Crippen LogP contribution is -2.56. The molecular formula is C21H32N4O5S. The van der Waals surface area contributed by atoms with Gasteiger partial charge < -0.3 is 26.8 Å². The SMILES string of the molecule is CC(C)CC(NC(=O)C(N)CS)C(=O)NC(C)C(=O)NC(Cc1ccccc1)C(=O)O. The summed E-state index contributed by atoms with van der Waals surface area (Å²) in [6.45, 7) is 5.23. The Balaban J connectivity index is 2.76. The summed E-state index contributed by atoms with van der Waals surface area (Å²) < 4.78 is 0. The first-order valence-corrected chi connectivity index (χ1v) is 10.7. The van der Waals surface area contributed by atoms with Crippen LogP contribution in [0.25, 0.3) is 0 Å². The molecule has 0 bridgehead atoms. The topological polar surface area (TPSA) is 151 Å². The van der Waals surface area contributed by atoms with Crippen molar-refractivity contribution in [1.82, 2.24) is 16.0 Å². The van der Waals surface area contributed by atoms with Crippen LogP contribution in [0.3, 0.4) is 0 Å². The summed E-state index contributed by atoms with van der Waals surface area (Å²) in [6.07, 6.45) is 0.452. The van der Waals surface area contributed by atoms with E-state index in [1.165, 1.54) is 6.92 Å². The van der Waals surface area contributed by atoms with Gasteiger partial charge in [0.2, 0.25) is 17.7 Å². The Kier molecular flexibility index (Phi) is 11.1. The van der Waals surface area contributed by atoms with E-state index in [0.717, 1.165) is 5.56 Å². The van der Waals surface area contributed by atoms with E-state index in [2.05, 4.69) is 28.6 Å². The normalized spacial score (nSPS) is 14.8. The fourth-order valence-corrected chi connectivity index (χ4v) is 2.96. The van der Waals surface area contributed by atoms with Gasteiger partial charge in [0.1, 0.15) is 18.1 Å². The number of carbonyl (C=O) groups is 4. The van der Waals surface area contributed by atoms with E-state index in [0.29, 0.717) is 6.42 Å². The number of amides is 3. The second kappa shape index (κ2) is 13.0. The van der Waals surface area contributed by atoms with Crippen LogP contribution in [0.15, 0.2) is 30.3 Å². The lowest BCUT2D eigenvalue weighted by atomic mass is 10.0. The minimum absolute atomic E-state index is 0.0923. The van der Waals surface area contributed by atoms with E-state index in [9.17, 15) is 24.3 Å². The highest BCUT2D eigenvalue weighted by Gasteiger charge is 2.28. The van der Waals surface area contributed by atoms with E-state index in [4.69, 9.17) is 5.73 Å². The monoisotopic (exact) mass is 452 g/mol. The summed E-state index contributed by atoms with van der Waals surface area (Å²) in [4.78, 5) is 48.8. The first kappa shape index (κ1) is 26.4. The molecule has 0 aromatic heterocycles. The predicted octanol–water partition coefficient (Wildman–Crippen LogP) is 0.0912. The molecule has 31 heavy (non-hydrogen) atoms. The fourth-order valence-electron chi connectivity index (χ4n) is 2.79. The molecular weight excluding hydrogens is 420 g/mol. The van der Waals surface area contributed by atoms with Crippen LogP contribution in [0.2, 0.25) is 0 Å². The molecule has 6 N–H and O–H groups in total. The first-order chi connectivity index (χ1) is 14.5. The summed E-state index contributed by atoms with van der Waals surface area (Å²) in [5.74, 6) is -2.67. The number of hydrogen-bond donors (Lipinski definition) is 6. The summed E-state index contributed by atoms with van der Waals surface area (Å²) in [6, 6.07) is 5.01. The highest BCUT2D eigenvalue weighted by Crippen LogP contribution is 2.07. The zero-order valence-electron chi connectivity index (χ0n) is 18.0. The highest BCUT2D eigenvalue weighted by molar-refractivity contribution is 7.80. The maximum absolute atomic E-state index is 12.7. The summed E-state index contributed by atoms with van der Waals surface area (Å²) in [5.41, 5.74) is 6.41. The third kappa shape index (κ3) is 9.39. The fraction of sp³-hybridized carbons (Fsp3) is 0.524. The van der Waals surface area contributed by atoms with Crippen molar-refractivity contribution in [2.75, 3.05) is 5.75 Å². The van der Waals surface area contributed by atoms with Crippen molar-refractivity contribution in [3.63, 3.8) is 0 Å². The van der Waals surface area contributed by atoms with Crippen molar-refractivity contribution >= 4 is 36.3 Å². The number of nitrogens with one attached hydrogen (secondary N) is 3. The Morgan fingerprint density at radius 3 is 2.03 bits per heavy atom. The molecule has 10 heteroatoms. The van der Waals surface area contributed by atoms with Crippen molar-refractivity contribution in [3.8, 4) is 0 Å². The van der Waals surface area contributed by atoms with E-state index in [1.54, 1.807) is 24.3 Å². The number of benzene rings is 1. The molecule has 3 amide bonds. The molecule has 0 aliphatic carbocycles. The van der Waals surface area contributed by atoms with Crippen LogP contribution in [-0.2, 0) is 25.6 Å². The molecule has 0 aliphatic heterocycles. The second-order valence-electron chi connectivity index (χ2n) is 7.80. The van der Waals surface area contributed by atoms with E-state index >= 15 is 0 Å². The lowest BCUT2D eigenvalue weighted by Gasteiger charge is -2.24. The van der Waals surface area contributed by atoms with Crippen LogP contribution in [0.1, 0.15) is 32.8 Å². The van der Waals surface area contributed by atoms with Gasteiger partial charge in [-0.25, -0.2) is 4.79 Å². The van der Waals surface area contributed by atoms with Gasteiger partial charge in [-0.15, -0.1) is 0 Å². The number of aliphatic carboxylic acids is 1. The molecule has 0 heterocycles. The number of nitrogens with two attached hydrogens (primary N) is 1. The zero-order valence-corrected chi connectivity index (χ0v) is 18.9. The van der Waals surface area contributed by atoms with Crippen molar-refractivity contribution in [1.29, 1.82) is 0 Å². The number of thiol groups is 1. The van der Waals surface area contributed by atoms with E-state index in [-0.39, 0.29) is 18.1 Å². The number of carboxylic acids is 1. The van der Waals surface area contributed by atoms with Crippen LogP contribution in [0, 0.1) is 5.92 Å².